The van der Waals surface area contributed by atoms with Gasteiger partial charge in [0.2, 0.25) is 0 Å². The highest BCUT2D eigenvalue weighted by Gasteiger charge is 2.16. The molecule has 1 unspecified atom stereocenters. The summed E-state index contributed by atoms with van der Waals surface area (Å²) >= 11 is 0. The van der Waals surface area contributed by atoms with Gasteiger partial charge in [-0.3, -0.25) is 9.59 Å². The van der Waals surface area contributed by atoms with Crippen LogP contribution in [0.5, 0.6) is 0 Å². The lowest BCUT2D eigenvalue weighted by atomic mass is 10.0. The molecular weight excluding hydrogens is 789 g/mol. The Morgan fingerprint density at radius 2 is 0.594 bits per heavy atom. The summed E-state index contributed by atoms with van der Waals surface area (Å²) in [5, 5.41) is 9.60. The number of carbonyl (C=O) groups is 2. The smallest absolute Gasteiger partial charge is 0.306 e. The number of carbonyl (C=O) groups excluding carboxylic acids is 2. The largest absolute Gasteiger partial charge is 0.462 e. The highest BCUT2D eigenvalue weighted by Crippen LogP contribution is 2.18. The predicted molar refractivity (Wildman–Crippen MR) is 279 cm³/mol. The second-order valence-corrected chi connectivity index (χ2v) is 19.7. The van der Waals surface area contributed by atoms with Crippen LogP contribution >= 0.6 is 0 Å². The first-order valence-electron chi connectivity index (χ1n) is 28.9. The molecule has 0 aromatic heterocycles. The topological polar surface area (TPSA) is 72.8 Å². The normalized spacial score (nSPS) is 12.2. The second kappa shape index (κ2) is 55.7. The molecular formula is C59H112O5. The van der Waals surface area contributed by atoms with Crippen molar-refractivity contribution in [1.29, 1.82) is 0 Å². The van der Waals surface area contributed by atoms with Crippen LogP contribution in [0.15, 0.2) is 24.3 Å². The molecule has 0 bridgehead atoms. The number of unbranched alkanes of at least 4 members (excludes halogenated alkanes) is 42. The van der Waals surface area contributed by atoms with Crippen LogP contribution in [-0.2, 0) is 19.1 Å². The van der Waals surface area contributed by atoms with E-state index in [9.17, 15) is 14.7 Å². The summed E-state index contributed by atoms with van der Waals surface area (Å²) in [5.41, 5.74) is 0. The van der Waals surface area contributed by atoms with Gasteiger partial charge in [-0.2, -0.15) is 0 Å². The highest BCUT2D eigenvalue weighted by molar-refractivity contribution is 5.70. The van der Waals surface area contributed by atoms with E-state index >= 15 is 0 Å². The standard InChI is InChI=1S/C59H112O5/c1-3-5-7-9-11-13-15-16-17-18-19-20-21-22-23-24-25-26-27-28-29-30-31-32-33-34-35-36-37-38-39-40-41-42-44-46-48-50-52-54-59(62)64-57(55-60)56-63-58(61)53-51-49-47-45-43-14-12-10-8-6-4-2/h10,12,18-19,57,60H,3-9,11,13-17,20-56H2,1-2H3/b12-10-,19-18-. The molecule has 0 amide bonds. The van der Waals surface area contributed by atoms with Gasteiger partial charge < -0.3 is 14.6 Å². The fourth-order valence-electron chi connectivity index (χ4n) is 8.83. The minimum atomic E-state index is -0.770. The van der Waals surface area contributed by atoms with Crippen LogP contribution in [-0.4, -0.2) is 36.4 Å². The molecule has 0 aromatic rings. The third kappa shape index (κ3) is 53.0. The van der Waals surface area contributed by atoms with Crippen molar-refractivity contribution < 1.29 is 24.2 Å². The molecule has 0 saturated heterocycles. The second-order valence-electron chi connectivity index (χ2n) is 19.7. The number of ether oxygens (including phenoxy) is 2. The Kier molecular flexibility index (Phi) is 54.3. The van der Waals surface area contributed by atoms with E-state index < -0.39 is 6.10 Å². The summed E-state index contributed by atoms with van der Waals surface area (Å²) in [6.07, 6.45) is 70.5. The van der Waals surface area contributed by atoms with Crippen molar-refractivity contribution in [2.45, 2.75) is 328 Å². The van der Waals surface area contributed by atoms with Crippen LogP contribution in [0.2, 0.25) is 0 Å². The summed E-state index contributed by atoms with van der Waals surface area (Å²) in [6, 6.07) is 0. The van der Waals surface area contributed by atoms with Gasteiger partial charge in [0.25, 0.3) is 0 Å². The van der Waals surface area contributed by atoms with E-state index in [-0.39, 0.29) is 25.2 Å². The van der Waals surface area contributed by atoms with Crippen molar-refractivity contribution in [3.8, 4) is 0 Å². The molecule has 0 spiro atoms. The Bertz CT molecular complexity index is 974. The van der Waals surface area contributed by atoms with E-state index in [1.165, 1.54) is 250 Å². The first-order chi connectivity index (χ1) is 31.6. The van der Waals surface area contributed by atoms with E-state index in [0.717, 1.165) is 44.9 Å². The maximum Gasteiger partial charge on any atom is 0.306 e. The van der Waals surface area contributed by atoms with Crippen molar-refractivity contribution in [3.05, 3.63) is 24.3 Å². The molecule has 0 fully saturated rings. The molecule has 5 heteroatoms. The van der Waals surface area contributed by atoms with Crippen molar-refractivity contribution in [3.63, 3.8) is 0 Å². The highest BCUT2D eigenvalue weighted by atomic mass is 16.6. The number of esters is 2. The zero-order valence-electron chi connectivity index (χ0n) is 43.3. The number of hydrogen-bond donors (Lipinski definition) is 1. The predicted octanol–water partition coefficient (Wildman–Crippen LogP) is 19.3. The summed E-state index contributed by atoms with van der Waals surface area (Å²) in [4.78, 5) is 24.3. The van der Waals surface area contributed by atoms with Gasteiger partial charge in [0, 0.05) is 12.8 Å². The molecule has 0 radical (unpaired) electrons. The van der Waals surface area contributed by atoms with Gasteiger partial charge in [0.05, 0.1) is 6.61 Å². The SMILES string of the molecule is CCCC/C=C\CCCCCCCC(=O)OCC(CO)OC(=O)CCCCCCCCCCCCCCCCCCCCCCCCCCCCC/C=C\CCCCCCCCCC. The van der Waals surface area contributed by atoms with Crippen LogP contribution in [0.25, 0.3) is 0 Å². The molecule has 0 aliphatic carbocycles. The quantitative estimate of drug-likeness (QED) is 0.0374. The lowest BCUT2D eigenvalue weighted by Crippen LogP contribution is -2.28. The molecule has 5 nitrogen and oxygen atoms in total. The van der Waals surface area contributed by atoms with Crippen molar-refractivity contribution >= 4 is 11.9 Å². The monoisotopic (exact) mass is 901 g/mol. The van der Waals surface area contributed by atoms with Crippen LogP contribution in [0.1, 0.15) is 322 Å². The molecule has 378 valence electrons. The summed E-state index contributed by atoms with van der Waals surface area (Å²) in [5.74, 6) is -0.588. The molecule has 0 aliphatic heterocycles. The van der Waals surface area contributed by atoms with Gasteiger partial charge in [-0.1, -0.05) is 276 Å². The number of allylic oxidation sites excluding steroid dienone is 4. The van der Waals surface area contributed by atoms with Gasteiger partial charge >= 0.3 is 11.9 Å². The summed E-state index contributed by atoms with van der Waals surface area (Å²) in [7, 11) is 0. The number of rotatable bonds is 54. The fraction of sp³-hybridized carbons (Fsp3) is 0.898. The summed E-state index contributed by atoms with van der Waals surface area (Å²) < 4.78 is 10.6. The maximum atomic E-state index is 12.3. The third-order valence-electron chi connectivity index (χ3n) is 13.2. The molecule has 0 rings (SSSR count). The first kappa shape index (κ1) is 62.4. The lowest BCUT2D eigenvalue weighted by Gasteiger charge is -2.15. The average molecular weight is 902 g/mol. The van der Waals surface area contributed by atoms with E-state index in [0.29, 0.717) is 12.8 Å². The van der Waals surface area contributed by atoms with Gasteiger partial charge in [-0.15, -0.1) is 0 Å². The Morgan fingerprint density at radius 1 is 0.344 bits per heavy atom. The van der Waals surface area contributed by atoms with Gasteiger partial charge in [0.1, 0.15) is 6.61 Å². The molecule has 0 heterocycles. The summed E-state index contributed by atoms with van der Waals surface area (Å²) in [6.45, 7) is 4.12. The first-order valence-corrected chi connectivity index (χ1v) is 28.9. The molecule has 1 N–H and O–H groups in total. The van der Waals surface area contributed by atoms with Gasteiger partial charge in [0.15, 0.2) is 6.10 Å². The fourth-order valence-corrected chi connectivity index (χ4v) is 8.83. The van der Waals surface area contributed by atoms with Gasteiger partial charge in [-0.25, -0.2) is 0 Å². The van der Waals surface area contributed by atoms with E-state index in [1.54, 1.807) is 0 Å². The van der Waals surface area contributed by atoms with Crippen LogP contribution < -0.4 is 0 Å². The van der Waals surface area contributed by atoms with E-state index in [4.69, 9.17) is 9.47 Å². The van der Waals surface area contributed by atoms with E-state index in [2.05, 4.69) is 38.2 Å². The van der Waals surface area contributed by atoms with Crippen molar-refractivity contribution in [2.75, 3.05) is 13.2 Å². The number of aliphatic hydroxyl groups excluding tert-OH is 1. The van der Waals surface area contributed by atoms with Crippen LogP contribution in [0.4, 0.5) is 0 Å². The Labute approximate surface area is 400 Å². The molecule has 0 saturated carbocycles. The lowest BCUT2D eigenvalue weighted by molar-refractivity contribution is -0.161. The minimum absolute atomic E-state index is 0.0651. The minimum Gasteiger partial charge on any atom is -0.462 e. The molecule has 0 aliphatic rings. The zero-order valence-corrected chi connectivity index (χ0v) is 43.3. The Balaban J connectivity index is 3.33. The van der Waals surface area contributed by atoms with Crippen molar-refractivity contribution in [1.82, 2.24) is 0 Å². The molecule has 0 aromatic carbocycles. The molecule has 64 heavy (non-hydrogen) atoms. The van der Waals surface area contributed by atoms with Gasteiger partial charge in [-0.05, 0) is 57.8 Å². The number of hydrogen-bond acceptors (Lipinski definition) is 5. The van der Waals surface area contributed by atoms with Crippen LogP contribution in [0.3, 0.4) is 0 Å². The Hall–Kier alpha value is -1.62. The average Bonchev–Trinajstić information content (AvgIpc) is 3.30. The van der Waals surface area contributed by atoms with Crippen molar-refractivity contribution in [2.24, 2.45) is 0 Å². The Morgan fingerprint density at radius 3 is 0.891 bits per heavy atom. The zero-order chi connectivity index (χ0) is 46.3. The molecule has 1 atom stereocenters. The number of aliphatic hydroxyl groups is 1. The van der Waals surface area contributed by atoms with Crippen LogP contribution in [0, 0.1) is 0 Å². The third-order valence-corrected chi connectivity index (χ3v) is 13.2. The maximum absolute atomic E-state index is 12.3. The van der Waals surface area contributed by atoms with E-state index in [1.807, 2.05) is 0 Å².